The minimum absolute atomic E-state index is 0.0153. The number of ether oxygens (including phenoxy) is 2. The Morgan fingerprint density at radius 1 is 1.20 bits per heavy atom. The van der Waals surface area contributed by atoms with Crippen LogP contribution >= 0.6 is 0 Å². The molecule has 162 valence electrons. The second-order valence-electron chi connectivity index (χ2n) is 8.30. The largest absolute Gasteiger partial charge is 0.497 e. The normalized spacial score (nSPS) is 18.8. The number of hydrogen-bond donors (Lipinski definition) is 2. The molecule has 8 heteroatoms. The van der Waals surface area contributed by atoms with Crippen LogP contribution in [0.3, 0.4) is 0 Å². The molecule has 2 fully saturated rings. The molecular weight excluding hydrogens is 382 g/mol. The molecule has 1 amide bonds. The molecule has 8 nitrogen and oxygen atoms in total. The predicted molar refractivity (Wildman–Crippen MR) is 113 cm³/mol. The van der Waals surface area contributed by atoms with Gasteiger partial charge in [0, 0.05) is 17.4 Å². The molecule has 2 aromatic rings. The fraction of sp³-hybridized carbons (Fsp3) is 0.591. The Labute approximate surface area is 177 Å². The first-order valence-corrected chi connectivity index (χ1v) is 10.7. The Bertz CT molecular complexity index is 871. The molecule has 1 aromatic heterocycles. The highest BCUT2D eigenvalue weighted by atomic mass is 16.5. The second-order valence-corrected chi connectivity index (χ2v) is 8.30. The molecular formula is C22H31N5O3. The maximum atomic E-state index is 12.6. The fourth-order valence-corrected chi connectivity index (χ4v) is 4.10. The molecule has 1 saturated carbocycles. The van der Waals surface area contributed by atoms with Gasteiger partial charge in [-0.25, -0.2) is 4.98 Å². The van der Waals surface area contributed by atoms with Gasteiger partial charge in [0.15, 0.2) is 5.82 Å². The molecule has 0 spiro atoms. The van der Waals surface area contributed by atoms with Crippen LogP contribution in [-0.4, -0.2) is 59.8 Å². The van der Waals surface area contributed by atoms with Gasteiger partial charge in [-0.1, -0.05) is 0 Å². The molecule has 0 unspecified atom stereocenters. The van der Waals surface area contributed by atoms with E-state index in [4.69, 9.17) is 14.5 Å². The highest BCUT2D eigenvalue weighted by molar-refractivity contribution is 5.78. The van der Waals surface area contributed by atoms with Gasteiger partial charge in [-0.15, -0.1) is 0 Å². The molecule has 2 N–H and O–H groups in total. The van der Waals surface area contributed by atoms with E-state index in [2.05, 4.69) is 20.4 Å². The van der Waals surface area contributed by atoms with E-state index in [1.165, 1.54) is 12.8 Å². The summed E-state index contributed by atoms with van der Waals surface area (Å²) in [6.45, 7) is 4.12. The molecule has 2 heterocycles. The molecule has 0 bridgehead atoms. The van der Waals surface area contributed by atoms with E-state index in [1.54, 1.807) is 14.2 Å². The van der Waals surface area contributed by atoms with E-state index < -0.39 is 0 Å². The summed E-state index contributed by atoms with van der Waals surface area (Å²) in [5.41, 5.74) is 0.903. The summed E-state index contributed by atoms with van der Waals surface area (Å²) in [7, 11) is 3.26. The lowest BCUT2D eigenvalue weighted by Gasteiger charge is -2.30. The first-order chi connectivity index (χ1) is 14.6. The van der Waals surface area contributed by atoms with E-state index in [0.717, 1.165) is 54.6 Å². The summed E-state index contributed by atoms with van der Waals surface area (Å²) in [6, 6.07) is 5.45. The first kappa shape index (κ1) is 20.7. The third kappa shape index (κ3) is 4.75. The summed E-state index contributed by atoms with van der Waals surface area (Å²) >= 11 is 0. The number of aromatic nitrogens is 3. The maximum absolute atomic E-state index is 12.6. The number of piperidine rings is 1. The predicted octanol–water partition coefficient (Wildman–Crippen LogP) is 2.76. The van der Waals surface area contributed by atoms with Crippen molar-refractivity contribution in [1.29, 1.82) is 0 Å². The van der Waals surface area contributed by atoms with E-state index in [9.17, 15) is 4.79 Å². The quantitative estimate of drug-likeness (QED) is 0.691. The summed E-state index contributed by atoms with van der Waals surface area (Å²) in [6.07, 6.45) is 4.41. The number of aromatic amines is 1. The van der Waals surface area contributed by atoms with E-state index >= 15 is 0 Å². The summed E-state index contributed by atoms with van der Waals surface area (Å²) < 4.78 is 10.7. The minimum atomic E-state index is -0.171. The summed E-state index contributed by atoms with van der Waals surface area (Å²) in [4.78, 5) is 19.5. The van der Waals surface area contributed by atoms with Gasteiger partial charge in [0.05, 0.1) is 26.8 Å². The molecule has 2 aliphatic rings. The van der Waals surface area contributed by atoms with Gasteiger partial charge in [0.1, 0.15) is 17.3 Å². The summed E-state index contributed by atoms with van der Waals surface area (Å²) in [5, 5.41) is 10.6. The molecule has 1 atom stereocenters. The van der Waals surface area contributed by atoms with Crippen LogP contribution in [0.4, 0.5) is 0 Å². The maximum Gasteiger partial charge on any atom is 0.234 e. The van der Waals surface area contributed by atoms with Gasteiger partial charge in [0.25, 0.3) is 0 Å². The third-order valence-corrected chi connectivity index (χ3v) is 6.08. The lowest BCUT2D eigenvalue weighted by atomic mass is 9.96. The average Bonchev–Trinajstić information content (AvgIpc) is 3.50. The zero-order chi connectivity index (χ0) is 21.1. The number of hydrogen-bond acceptors (Lipinski definition) is 6. The van der Waals surface area contributed by atoms with Gasteiger partial charge in [-0.2, -0.15) is 5.10 Å². The van der Waals surface area contributed by atoms with Crippen LogP contribution in [0.15, 0.2) is 18.2 Å². The van der Waals surface area contributed by atoms with Crippen LogP contribution < -0.4 is 14.8 Å². The van der Waals surface area contributed by atoms with Crippen LogP contribution in [0.2, 0.25) is 0 Å². The molecule has 1 aromatic carbocycles. The number of nitrogens with zero attached hydrogens (tertiary/aromatic N) is 3. The van der Waals surface area contributed by atoms with Crippen molar-refractivity contribution in [1.82, 2.24) is 25.4 Å². The molecule has 1 aliphatic carbocycles. The van der Waals surface area contributed by atoms with Crippen LogP contribution in [0.1, 0.15) is 67.7 Å². The molecule has 0 radical (unpaired) electrons. The highest BCUT2D eigenvalue weighted by Crippen LogP contribution is 2.38. The number of rotatable bonds is 8. The Morgan fingerprint density at radius 2 is 1.97 bits per heavy atom. The standard InChI is InChI=1S/C22H31N5O3/c1-14(18-12-17(29-2)6-7-19(18)30-3)23-20(28)13-27-10-8-16(9-11-27)22-24-21(25-26-22)15-4-5-15/h6-7,12,14-16H,4-5,8-11,13H2,1-3H3,(H,23,28)(H,24,25,26)/t14-/m0/s1. The van der Waals surface area contributed by atoms with Crippen molar-refractivity contribution in [3.8, 4) is 11.5 Å². The lowest BCUT2D eigenvalue weighted by Crippen LogP contribution is -2.42. The Kier molecular flexibility index (Phi) is 6.22. The average molecular weight is 414 g/mol. The number of amides is 1. The van der Waals surface area contributed by atoms with Crippen LogP contribution in [-0.2, 0) is 4.79 Å². The zero-order valence-corrected chi connectivity index (χ0v) is 18.0. The van der Waals surface area contributed by atoms with Crippen molar-refractivity contribution in [2.45, 2.75) is 50.5 Å². The number of carbonyl (C=O) groups excluding carboxylic acids is 1. The van der Waals surface area contributed by atoms with E-state index in [1.807, 2.05) is 25.1 Å². The number of methoxy groups -OCH3 is 2. The Balaban J connectivity index is 1.27. The van der Waals surface area contributed by atoms with Crippen molar-refractivity contribution in [2.75, 3.05) is 33.9 Å². The minimum Gasteiger partial charge on any atom is -0.497 e. The van der Waals surface area contributed by atoms with Gasteiger partial charge in [-0.05, 0) is 63.9 Å². The van der Waals surface area contributed by atoms with Crippen molar-refractivity contribution < 1.29 is 14.3 Å². The Hall–Kier alpha value is -2.61. The number of carbonyl (C=O) groups is 1. The molecule has 1 saturated heterocycles. The van der Waals surface area contributed by atoms with E-state index in [0.29, 0.717) is 18.4 Å². The first-order valence-electron chi connectivity index (χ1n) is 10.7. The number of nitrogens with one attached hydrogen (secondary N) is 2. The van der Waals surface area contributed by atoms with Gasteiger partial charge >= 0.3 is 0 Å². The SMILES string of the molecule is COc1ccc(OC)c([C@H](C)NC(=O)CN2CCC(c3nc(C4CC4)n[nH]3)CC2)c1. The van der Waals surface area contributed by atoms with Crippen LogP contribution in [0, 0.1) is 0 Å². The topological polar surface area (TPSA) is 92.4 Å². The van der Waals surface area contributed by atoms with Crippen molar-refractivity contribution in [3.63, 3.8) is 0 Å². The number of likely N-dealkylation sites (tertiary alicyclic amines) is 1. The van der Waals surface area contributed by atoms with Crippen molar-refractivity contribution >= 4 is 5.91 Å². The van der Waals surface area contributed by atoms with Crippen LogP contribution in [0.25, 0.3) is 0 Å². The van der Waals surface area contributed by atoms with Gasteiger partial charge in [-0.3, -0.25) is 14.8 Å². The zero-order valence-electron chi connectivity index (χ0n) is 18.0. The van der Waals surface area contributed by atoms with Crippen molar-refractivity contribution in [3.05, 3.63) is 35.4 Å². The fourth-order valence-electron chi connectivity index (χ4n) is 4.10. The van der Waals surface area contributed by atoms with Gasteiger partial charge in [0.2, 0.25) is 5.91 Å². The van der Waals surface area contributed by atoms with Gasteiger partial charge < -0.3 is 14.8 Å². The summed E-state index contributed by atoms with van der Waals surface area (Å²) in [5.74, 6) is 4.47. The highest BCUT2D eigenvalue weighted by Gasteiger charge is 2.30. The number of benzene rings is 1. The monoisotopic (exact) mass is 413 g/mol. The van der Waals surface area contributed by atoms with Crippen LogP contribution in [0.5, 0.6) is 11.5 Å². The third-order valence-electron chi connectivity index (χ3n) is 6.08. The van der Waals surface area contributed by atoms with Crippen molar-refractivity contribution in [2.24, 2.45) is 0 Å². The number of H-pyrrole nitrogens is 1. The Morgan fingerprint density at radius 3 is 2.63 bits per heavy atom. The molecule has 30 heavy (non-hydrogen) atoms. The molecule has 4 rings (SSSR count). The molecule has 1 aliphatic heterocycles. The smallest absolute Gasteiger partial charge is 0.234 e. The lowest BCUT2D eigenvalue weighted by molar-refractivity contribution is -0.123. The second kappa shape index (κ2) is 9.04. The van der Waals surface area contributed by atoms with E-state index in [-0.39, 0.29) is 11.9 Å².